The van der Waals surface area contributed by atoms with Crippen molar-refractivity contribution in [1.29, 1.82) is 0 Å². The van der Waals surface area contributed by atoms with Crippen LogP contribution in [-0.2, 0) is 17.5 Å². The van der Waals surface area contributed by atoms with Gasteiger partial charge in [-0.2, -0.15) is 13.2 Å². The summed E-state index contributed by atoms with van der Waals surface area (Å²) in [5, 5.41) is 2.95. The highest BCUT2D eigenvalue weighted by molar-refractivity contribution is 5.92. The smallest absolute Gasteiger partial charge is 0.369 e. The van der Waals surface area contributed by atoms with Crippen LogP contribution in [0.25, 0.3) is 0 Å². The molecule has 2 fully saturated rings. The molecule has 2 aromatic rings. The second kappa shape index (κ2) is 10.6. The van der Waals surface area contributed by atoms with Gasteiger partial charge in [-0.3, -0.25) is 14.6 Å². The molecule has 0 saturated carbocycles. The Bertz CT molecular complexity index is 918. The molecule has 0 bridgehead atoms. The van der Waals surface area contributed by atoms with Crippen molar-refractivity contribution in [2.24, 2.45) is 0 Å². The topological polar surface area (TPSA) is 38.8 Å². The maximum Gasteiger partial charge on any atom is 0.416 e. The number of carbonyl (C=O) groups excluding carboxylic acids is 1. The Kier molecular flexibility index (Phi) is 7.55. The molecular weight excluding hydrogens is 429 g/mol. The number of nitrogens with one attached hydrogen (secondary N) is 1. The summed E-state index contributed by atoms with van der Waals surface area (Å²) in [4.78, 5) is 18.9. The minimum absolute atomic E-state index is 0.0775. The zero-order valence-electron chi connectivity index (χ0n) is 18.8. The SMILES string of the molecule is O=C(CN1CCN(c2cccc(C(F)(F)F)c2)CC1)Nc1ccc(CN2CCCCC2)cc1. The number of hydrogen-bond acceptors (Lipinski definition) is 4. The summed E-state index contributed by atoms with van der Waals surface area (Å²) in [6.45, 7) is 5.94. The molecule has 1 amide bonds. The number of rotatable bonds is 6. The van der Waals surface area contributed by atoms with E-state index in [1.165, 1.54) is 37.0 Å². The van der Waals surface area contributed by atoms with Crippen LogP contribution in [-0.4, -0.2) is 61.5 Å². The lowest BCUT2D eigenvalue weighted by molar-refractivity contribution is -0.137. The number of piperazine rings is 1. The van der Waals surface area contributed by atoms with Crippen molar-refractivity contribution in [3.05, 3.63) is 59.7 Å². The van der Waals surface area contributed by atoms with Crippen molar-refractivity contribution in [1.82, 2.24) is 9.80 Å². The van der Waals surface area contributed by atoms with Crippen molar-refractivity contribution < 1.29 is 18.0 Å². The molecule has 2 aliphatic heterocycles. The summed E-state index contributed by atoms with van der Waals surface area (Å²) >= 11 is 0. The Labute approximate surface area is 193 Å². The third kappa shape index (κ3) is 6.71. The molecule has 4 rings (SSSR count). The Hall–Kier alpha value is -2.58. The summed E-state index contributed by atoms with van der Waals surface area (Å²) < 4.78 is 38.9. The number of benzene rings is 2. The van der Waals surface area contributed by atoms with Crippen LogP contribution in [0.15, 0.2) is 48.5 Å². The maximum absolute atomic E-state index is 13.0. The molecule has 178 valence electrons. The molecule has 2 saturated heterocycles. The lowest BCUT2D eigenvalue weighted by Gasteiger charge is -2.36. The van der Waals surface area contributed by atoms with Gasteiger partial charge in [-0.1, -0.05) is 24.6 Å². The molecule has 2 aliphatic rings. The van der Waals surface area contributed by atoms with Gasteiger partial charge in [0, 0.05) is 44.1 Å². The summed E-state index contributed by atoms with van der Waals surface area (Å²) in [6, 6.07) is 13.4. The van der Waals surface area contributed by atoms with Crippen LogP contribution >= 0.6 is 0 Å². The molecule has 0 aliphatic carbocycles. The van der Waals surface area contributed by atoms with E-state index >= 15 is 0 Å². The van der Waals surface area contributed by atoms with Gasteiger partial charge in [0.15, 0.2) is 0 Å². The highest BCUT2D eigenvalue weighted by atomic mass is 19.4. The van der Waals surface area contributed by atoms with E-state index in [1.807, 2.05) is 21.9 Å². The third-order valence-corrected chi connectivity index (χ3v) is 6.37. The normalized spacial score (nSPS) is 18.3. The van der Waals surface area contributed by atoms with Crippen LogP contribution in [0.2, 0.25) is 0 Å². The Morgan fingerprint density at radius 3 is 2.21 bits per heavy atom. The lowest BCUT2D eigenvalue weighted by atomic mass is 10.1. The van der Waals surface area contributed by atoms with E-state index in [2.05, 4.69) is 22.3 Å². The molecule has 0 aromatic heterocycles. The van der Waals surface area contributed by atoms with Crippen molar-refractivity contribution >= 4 is 17.3 Å². The van der Waals surface area contributed by atoms with Crippen LogP contribution in [0, 0.1) is 0 Å². The van der Waals surface area contributed by atoms with E-state index in [-0.39, 0.29) is 12.5 Å². The fourth-order valence-electron chi connectivity index (χ4n) is 4.52. The summed E-state index contributed by atoms with van der Waals surface area (Å²) in [6.07, 6.45) is -0.492. The number of halogens is 3. The molecule has 0 radical (unpaired) electrons. The summed E-state index contributed by atoms with van der Waals surface area (Å²) in [5.74, 6) is -0.0775. The zero-order valence-corrected chi connectivity index (χ0v) is 18.8. The van der Waals surface area contributed by atoms with Gasteiger partial charge in [0.1, 0.15) is 0 Å². The predicted octanol–water partition coefficient (Wildman–Crippen LogP) is 4.45. The van der Waals surface area contributed by atoms with Crippen LogP contribution in [0.3, 0.4) is 0 Å². The molecule has 8 heteroatoms. The highest BCUT2D eigenvalue weighted by Gasteiger charge is 2.31. The van der Waals surface area contributed by atoms with Gasteiger partial charge < -0.3 is 10.2 Å². The van der Waals surface area contributed by atoms with Gasteiger partial charge in [0.25, 0.3) is 0 Å². The Morgan fingerprint density at radius 2 is 1.55 bits per heavy atom. The van der Waals surface area contributed by atoms with Gasteiger partial charge in [0.05, 0.1) is 12.1 Å². The molecule has 5 nitrogen and oxygen atoms in total. The van der Waals surface area contributed by atoms with E-state index < -0.39 is 11.7 Å². The third-order valence-electron chi connectivity index (χ3n) is 6.37. The fourth-order valence-corrected chi connectivity index (χ4v) is 4.52. The maximum atomic E-state index is 13.0. The van der Waals surface area contributed by atoms with E-state index in [0.29, 0.717) is 31.9 Å². The Morgan fingerprint density at radius 1 is 0.848 bits per heavy atom. The van der Waals surface area contributed by atoms with Crippen molar-refractivity contribution in [3.63, 3.8) is 0 Å². The van der Waals surface area contributed by atoms with Crippen LogP contribution < -0.4 is 10.2 Å². The number of alkyl halides is 3. The monoisotopic (exact) mass is 460 g/mol. The van der Waals surface area contributed by atoms with E-state index in [4.69, 9.17) is 0 Å². The largest absolute Gasteiger partial charge is 0.416 e. The van der Waals surface area contributed by atoms with E-state index in [9.17, 15) is 18.0 Å². The van der Waals surface area contributed by atoms with E-state index in [1.54, 1.807) is 6.07 Å². The first-order valence-corrected chi connectivity index (χ1v) is 11.6. The molecule has 0 spiro atoms. The van der Waals surface area contributed by atoms with Crippen molar-refractivity contribution in [3.8, 4) is 0 Å². The van der Waals surface area contributed by atoms with Crippen LogP contribution in [0.5, 0.6) is 0 Å². The second-order valence-electron chi connectivity index (χ2n) is 8.89. The fraction of sp³-hybridized carbons (Fsp3) is 0.480. The predicted molar refractivity (Wildman–Crippen MR) is 124 cm³/mol. The molecule has 0 atom stereocenters. The Balaban J connectivity index is 1.22. The van der Waals surface area contributed by atoms with Gasteiger partial charge >= 0.3 is 6.18 Å². The lowest BCUT2D eigenvalue weighted by Crippen LogP contribution is -2.48. The molecule has 2 aromatic carbocycles. The van der Waals surface area contributed by atoms with Gasteiger partial charge in [-0.25, -0.2) is 0 Å². The van der Waals surface area contributed by atoms with Gasteiger partial charge in [0.2, 0.25) is 5.91 Å². The highest BCUT2D eigenvalue weighted by Crippen LogP contribution is 2.31. The minimum atomic E-state index is -4.35. The average molecular weight is 461 g/mol. The molecule has 0 unspecified atom stereocenters. The first kappa shape index (κ1) is 23.6. The summed E-state index contributed by atoms with van der Waals surface area (Å²) in [5.41, 5.74) is 1.97. The number of anilines is 2. The molecular formula is C25H31F3N4O. The first-order chi connectivity index (χ1) is 15.9. The van der Waals surface area contributed by atoms with Crippen molar-refractivity contribution in [2.75, 3.05) is 56.0 Å². The van der Waals surface area contributed by atoms with Gasteiger partial charge in [-0.05, 0) is 61.8 Å². The second-order valence-corrected chi connectivity index (χ2v) is 8.89. The quantitative estimate of drug-likeness (QED) is 0.691. The van der Waals surface area contributed by atoms with E-state index in [0.717, 1.165) is 31.4 Å². The minimum Gasteiger partial charge on any atom is -0.369 e. The van der Waals surface area contributed by atoms with Crippen LogP contribution in [0.4, 0.5) is 24.5 Å². The number of carbonyl (C=O) groups is 1. The molecule has 2 heterocycles. The zero-order chi connectivity index (χ0) is 23.3. The molecule has 33 heavy (non-hydrogen) atoms. The first-order valence-electron chi connectivity index (χ1n) is 11.6. The number of amides is 1. The number of piperidine rings is 1. The number of nitrogens with zero attached hydrogens (tertiary/aromatic N) is 3. The summed E-state index contributed by atoms with van der Waals surface area (Å²) in [7, 11) is 0. The van der Waals surface area contributed by atoms with Crippen molar-refractivity contribution in [2.45, 2.75) is 32.0 Å². The number of likely N-dealkylation sites (tertiary alicyclic amines) is 1. The standard InChI is InChI=1S/C25H31F3N4O/c26-25(27,28)21-5-4-6-23(17-21)32-15-13-31(14-16-32)19-24(33)29-22-9-7-20(8-10-22)18-30-11-2-1-3-12-30/h4-10,17H,1-3,11-16,18-19H2,(H,29,33). The average Bonchev–Trinajstić information content (AvgIpc) is 2.81. The van der Waals surface area contributed by atoms with Crippen LogP contribution in [0.1, 0.15) is 30.4 Å². The molecule has 1 N–H and O–H groups in total. The number of hydrogen-bond donors (Lipinski definition) is 1. The van der Waals surface area contributed by atoms with Gasteiger partial charge in [-0.15, -0.1) is 0 Å².